The molecule has 4 heteroatoms. The molecule has 0 spiro atoms. The normalized spacial score (nSPS) is 16.5. The van der Waals surface area contributed by atoms with Crippen molar-refractivity contribution in [3.05, 3.63) is 70.5 Å². The lowest BCUT2D eigenvalue weighted by atomic mass is 9.94. The monoisotopic (exact) mass is 384 g/mol. The van der Waals surface area contributed by atoms with E-state index >= 15 is 0 Å². The molecule has 2 aliphatic rings. The maximum absolute atomic E-state index is 12.7. The van der Waals surface area contributed by atoms with E-state index in [1.807, 2.05) is 42.5 Å². The van der Waals surface area contributed by atoms with Gasteiger partial charge in [-0.2, -0.15) is 0 Å². The Morgan fingerprint density at radius 1 is 1.03 bits per heavy atom. The van der Waals surface area contributed by atoms with Crippen LogP contribution < -0.4 is 10.1 Å². The topological polar surface area (TPSA) is 54.1 Å². The molecule has 2 heterocycles. The smallest absolute Gasteiger partial charge is 0.256 e. The number of hydrogen-bond acceptors (Lipinski definition) is 2. The Morgan fingerprint density at radius 2 is 1.86 bits per heavy atom. The van der Waals surface area contributed by atoms with Gasteiger partial charge < -0.3 is 15.0 Å². The third-order valence-electron chi connectivity index (χ3n) is 6.10. The number of hydrogen-bond donors (Lipinski definition) is 2. The summed E-state index contributed by atoms with van der Waals surface area (Å²) < 4.78 is 5.33. The number of aromatic nitrogens is 1. The molecule has 0 radical (unpaired) electrons. The van der Waals surface area contributed by atoms with Gasteiger partial charge >= 0.3 is 0 Å². The number of nitrogens with one attached hydrogen (secondary N) is 2. The number of rotatable bonds is 3. The molecule has 146 valence electrons. The van der Waals surface area contributed by atoms with E-state index in [9.17, 15) is 4.79 Å². The van der Waals surface area contributed by atoms with Crippen LogP contribution in [0.3, 0.4) is 0 Å². The molecular formula is C25H24N2O2. The van der Waals surface area contributed by atoms with E-state index in [4.69, 9.17) is 4.74 Å². The Kier molecular flexibility index (Phi) is 4.27. The highest BCUT2D eigenvalue weighted by Gasteiger charge is 2.26. The third-order valence-corrected chi connectivity index (χ3v) is 6.10. The number of aryl methyl sites for hydroxylation is 1. The number of amides is 1. The fourth-order valence-electron chi connectivity index (χ4n) is 4.48. The van der Waals surface area contributed by atoms with Gasteiger partial charge in [0.2, 0.25) is 0 Å². The van der Waals surface area contributed by atoms with Gasteiger partial charge in [-0.3, -0.25) is 4.79 Å². The number of anilines is 1. The van der Waals surface area contributed by atoms with Gasteiger partial charge in [0.15, 0.2) is 0 Å². The number of carbonyl (C=O) groups excluding carboxylic acids is 1. The van der Waals surface area contributed by atoms with Gasteiger partial charge in [-0.1, -0.05) is 24.3 Å². The van der Waals surface area contributed by atoms with Gasteiger partial charge in [0, 0.05) is 22.6 Å². The molecular weight excluding hydrogens is 360 g/mol. The number of methoxy groups -OCH3 is 1. The summed E-state index contributed by atoms with van der Waals surface area (Å²) in [5.74, 6) is 0.772. The quantitative estimate of drug-likeness (QED) is 0.597. The molecule has 0 saturated carbocycles. The molecule has 0 bridgehead atoms. The van der Waals surface area contributed by atoms with Gasteiger partial charge in [0.25, 0.3) is 5.91 Å². The number of ether oxygens (including phenoxy) is 1. The molecule has 3 aromatic rings. The molecule has 5 rings (SSSR count). The minimum absolute atomic E-state index is 0.0465. The molecule has 1 aliphatic heterocycles. The second-order valence-corrected chi connectivity index (χ2v) is 7.83. The summed E-state index contributed by atoms with van der Waals surface area (Å²) in [5, 5.41) is 3.04. The lowest BCUT2D eigenvalue weighted by Crippen LogP contribution is -2.03. The first-order chi connectivity index (χ1) is 14.1. The van der Waals surface area contributed by atoms with Crippen molar-refractivity contribution in [3.8, 4) is 16.9 Å². The van der Waals surface area contributed by atoms with Crippen molar-refractivity contribution in [2.75, 3.05) is 12.4 Å². The second-order valence-electron chi connectivity index (χ2n) is 7.83. The van der Waals surface area contributed by atoms with Crippen LogP contribution in [0.1, 0.15) is 40.9 Å². The largest absolute Gasteiger partial charge is 0.497 e. The Morgan fingerprint density at radius 3 is 2.69 bits per heavy atom. The van der Waals surface area contributed by atoms with Crippen molar-refractivity contribution in [2.24, 2.45) is 0 Å². The number of aromatic amines is 1. The molecule has 2 aromatic carbocycles. The number of carbonyl (C=O) groups is 1. The molecule has 0 fully saturated rings. The predicted molar refractivity (Wildman–Crippen MR) is 117 cm³/mol. The molecule has 0 saturated heterocycles. The van der Waals surface area contributed by atoms with Crippen LogP contribution in [0.5, 0.6) is 5.75 Å². The van der Waals surface area contributed by atoms with Gasteiger partial charge in [-0.25, -0.2) is 0 Å². The number of benzene rings is 2. The average molecular weight is 384 g/mol. The van der Waals surface area contributed by atoms with E-state index in [0.29, 0.717) is 0 Å². The molecule has 0 atom stereocenters. The molecule has 1 aromatic heterocycles. The maximum atomic E-state index is 12.7. The highest BCUT2D eigenvalue weighted by atomic mass is 16.5. The Hall–Kier alpha value is -3.27. The zero-order chi connectivity index (χ0) is 20.0. The average Bonchev–Trinajstić information content (AvgIpc) is 3.24. The van der Waals surface area contributed by atoms with Crippen molar-refractivity contribution < 1.29 is 9.53 Å². The van der Waals surface area contributed by atoms with Gasteiger partial charge in [0.1, 0.15) is 5.75 Å². The maximum Gasteiger partial charge on any atom is 0.256 e. The van der Waals surface area contributed by atoms with Crippen molar-refractivity contribution in [1.29, 1.82) is 0 Å². The van der Waals surface area contributed by atoms with Crippen LogP contribution in [0.15, 0.2) is 42.5 Å². The first-order valence-electron chi connectivity index (χ1n) is 10.2. The Bertz CT molecular complexity index is 1150. The summed E-state index contributed by atoms with van der Waals surface area (Å²) in [4.78, 5) is 16.3. The van der Waals surface area contributed by atoms with Crippen LogP contribution in [-0.4, -0.2) is 18.0 Å². The van der Waals surface area contributed by atoms with Gasteiger partial charge in [-0.15, -0.1) is 0 Å². The minimum Gasteiger partial charge on any atom is -0.497 e. The van der Waals surface area contributed by atoms with E-state index in [0.717, 1.165) is 52.2 Å². The van der Waals surface area contributed by atoms with Crippen molar-refractivity contribution >= 4 is 23.2 Å². The lowest BCUT2D eigenvalue weighted by molar-refractivity contribution is -0.110. The van der Waals surface area contributed by atoms with Crippen LogP contribution >= 0.6 is 0 Å². The lowest BCUT2D eigenvalue weighted by Gasteiger charge is -2.10. The van der Waals surface area contributed by atoms with E-state index in [2.05, 4.69) is 23.3 Å². The van der Waals surface area contributed by atoms with Crippen LogP contribution in [0.2, 0.25) is 0 Å². The molecule has 29 heavy (non-hydrogen) atoms. The SMILES string of the molecule is COc1cccc(-c2ccc3c(c2)NC(=O)C3=Cc2[nH]c3c(c2C)CCCC3)c1. The zero-order valence-electron chi connectivity index (χ0n) is 16.8. The van der Waals surface area contributed by atoms with Crippen LogP contribution in [0.25, 0.3) is 22.8 Å². The third kappa shape index (κ3) is 3.05. The fraction of sp³-hybridized carbons (Fsp3) is 0.240. The molecule has 1 amide bonds. The summed E-state index contributed by atoms with van der Waals surface area (Å²) in [7, 11) is 1.67. The summed E-state index contributed by atoms with van der Waals surface area (Å²) in [5.41, 5.74) is 9.77. The van der Waals surface area contributed by atoms with Crippen LogP contribution in [0.4, 0.5) is 5.69 Å². The van der Waals surface area contributed by atoms with E-state index in [-0.39, 0.29) is 5.91 Å². The summed E-state index contributed by atoms with van der Waals surface area (Å²) in [6.07, 6.45) is 6.73. The van der Waals surface area contributed by atoms with E-state index in [1.54, 1.807) is 7.11 Å². The number of H-pyrrole nitrogens is 1. The summed E-state index contributed by atoms with van der Waals surface area (Å²) >= 11 is 0. The van der Waals surface area contributed by atoms with Crippen molar-refractivity contribution in [2.45, 2.75) is 32.6 Å². The van der Waals surface area contributed by atoms with Gasteiger partial charge in [0.05, 0.1) is 12.7 Å². The molecule has 1 aliphatic carbocycles. The zero-order valence-corrected chi connectivity index (χ0v) is 16.8. The van der Waals surface area contributed by atoms with E-state index < -0.39 is 0 Å². The standard InChI is InChI=1S/C25H24N2O2/c1-15-19-8-3-4-9-22(19)26-23(15)14-21-20-11-10-17(13-24(20)27-25(21)28)16-6-5-7-18(12-16)29-2/h5-7,10-14,26H,3-4,8-9H2,1-2H3,(H,27,28). The summed E-state index contributed by atoms with van der Waals surface area (Å²) in [6.45, 7) is 2.16. The Balaban J connectivity index is 1.53. The predicted octanol–water partition coefficient (Wildman–Crippen LogP) is 5.37. The van der Waals surface area contributed by atoms with Gasteiger partial charge in [-0.05, 0) is 79.1 Å². The number of fused-ring (bicyclic) bond motifs is 2. The van der Waals surface area contributed by atoms with Crippen LogP contribution in [-0.2, 0) is 17.6 Å². The fourth-order valence-corrected chi connectivity index (χ4v) is 4.48. The first kappa shape index (κ1) is 17.8. The Labute approximate surface area is 170 Å². The summed E-state index contributed by atoms with van der Waals surface area (Å²) in [6, 6.07) is 14.1. The van der Waals surface area contributed by atoms with Crippen molar-refractivity contribution in [1.82, 2.24) is 4.98 Å². The van der Waals surface area contributed by atoms with E-state index in [1.165, 1.54) is 29.7 Å². The van der Waals surface area contributed by atoms with Crippen LogP contribution in [0, 0.1) is 6.92 Å². The first-order valence-corrected chi connectivity index (χ1v) is 10.2. The highest BCUT2D eigenvalue weighted by Crippen LogP contribution is 2.37. The minimum atomic E-state index is -0.0465. The second kappa shape index (κ2) is 6.96. The molecule has 4 nitrogen and oxygen atoms in total. The molecule has 0 unspecified atom stereocenters. The van der Waals surface area contributed by atoms with Crippen molar-refractivity contribution in [3.63, 3.8) is 0 Å². The molecule has 2 N–H and O–H groups in total. The highest BCUT2D eigenvalue weighted by molar-refractivity contribution is 6.35.